The van der Waals surface area contributed by atoms with Crippen molar-refractivity contribution in [2.24, 2.45) is 5.73 Å². The van der Waals surface area contributed by atoms with E-state index in [1.807, 2.05) is 12.1 Å². The molecule has 0 saturated carbocycles. The minimum Gasteiger partial charge on any atom is -0.367 e. The van der Waals surface area contributed by atoms with Gasteiger partial charge in [-0.3, -0.25) is 4.90 Å². The van der Waals surface area contributed by atoms with Crippen molar-refractivity contribution >= 4 is 5.69 Å². The van der Waals surface area contributed by atoms with Crippen LogP contribution in [-0.2, 0) is 6.54 Å². The van der Waals surface area contributed by atoms with Crippen LogP contribution in [0.2, 0.25) is 0 Å². The fourth-order valence-corrected chi connectivity index (χ4v) is 2.93. The predicted molar refractivity (Wildman–Crippen MR) is 87.9 cm³/mol. The van der Waals surface area contributed by atoms with Crippen LogP contribution in [0.25, 0.3) is 0 Å². The van der Waals surface area contributed by atoms with E-state index in [-0.39, 0.29) is 5.82 Å². The average molecular weight is 299 g/mol. The number of benzene rings is 2. The summed E-state index contributed by atoms with van der Waals surface area (Å²) >= 11 is 0. The molecule has 1 heterocycles. The van der Waals surface area contributed by atoms with Crippen LogP contribution in [0.4, 0.5) is 10.1 Å². The molecule has 1 aliphatic rings. The Balaban J connectivity index is 1.56. The maximum absolute atomic E-state index is 13.3. The molecule has 2 aromatic rings. The zero-order chi connectivity index (χ0) is 15.4. The van der Waals surface area contributed by atoms with Crippen molar-refractivity contribution < 1.29 is 4.39 Å². The molecule has 22 heavy (non-hydrogen) atoms. The van der Waals surface area contributed by atoms with E-state index in [0.29, 0.717) is 0 Å². The average Bonchev–Trinajstić information content (AvgIpc) is 2.51. The second-order valence-corrected chi connectivity index (χ2v) is 6.05. The van der Waals surface area contributed by atoms with Crippen LogP contribution in [0.3, 0.4) is 0 Å². The normalized spacial score (nSPS) is 18.1. The summed E-state index contributed by atoms with van der Waals surface area (Å²) in [5, 5.41) is 3.29. The van der Waals surface area contributed by atoms with Crippen LogP contribution in [0.5, 0.6) is 0 Å². The Morgan fingerprint density at radius 2 is 1.77 bits per heavy atom. The summed E-state index contributed by atoms with van der Waals surface area (Å²) in [7, 11) is 0. The molecule has 3 rings (SSSR count). The summed E-state index contributed by atoms with van der Waals surface area (Å²) < 4.78 is 13.3. The molecule has 0 unspecified atom stereocenters. The largest absolute Gasteiger partial charge is 0.367 e. The van der Waals surface area contributed by atoms with Crippen molar-refractivity contribution in [2.45, 2.75) is 25.0 Å². The molecule has 3 N–H and O–H groups in total. The number of hydrogen-bond donors (Lipinski definition) is 2. The standard InChI is InChI=1S/C18H22FN3/c19-16-7-4-8-17(13-16)21-18(20)9-11-22(12-10-18)14-15-5-2-1-3-6-15/h1-8,13,21H,9-12,14,20H2. The minimum atomic E-state index is -0.457. The fraction of sp³-hybridized carbons (Fsp3) is 0.333. The van der Waals surface area contributed by atoms with Gasteiger partial charge in [-0.05, 0) is 36.6 Å². The molecule has 0 aliphatic carbocycles. The molecule has 1 aliphatic heterocycles. The lowest BCUT2D eigenvalue weighted by Crippen LogP contribution is -2.55. The first-order valence-corrected chi connectivity index (χ1v) is 7.72. The van der Waals surface area contributed by atoms with Gasteiger partial charge in [0.2, 0.25) is 0 Å². The Kier molecular flexibility index (Phi) is 4.41. The van der Waals surface area contributed by atoms with Gasteiger partial charge in [-0.2, -0.15) is 0 Å². The van der Waals surface area contributed by atoms with E-state index in [2.05, 4.69) is 34.5 Å². The molecule has 4 heteroatoms. The maximum Gasteiger partial charge on any atom is 0.125 e. The molecule has 2 aromatic carbocycles. The monoisotopic (exact) mass is 299 g/mol. The number of hydrogen-bond acceptors (Lipinski definition) is 3. The first kappa shape index (κ1) is 15.0. The zero-order valence-electron chi connectivity index (χ0n) is 12.6. The molecule has 3 nitrogen and oxygen atoms in total. The SMILES string of the molecule is NC1(Nc2cccc(F)c2)CCN(Cc2ccccc2)CC1. The molecular formula is C18H22FN3. The fourth-order valence-electron chi connectivity index (χ4n) is 2.93. The minimum absolute atomic E-state index is 0.241. The van der Waals surface area contributed by atoms with Gasteiger partial charge in [0.1, 0.15) is 5.82 Å². The first-order chi connectivity index (χ1) is 10.6. The molecule has 0 radical (unpaired) electrons. The second kappa shape index (κ2) is 6.46. The maximum atomic E-state index is 13.3. The third kappa shape index (κ3) is 3.84. The molecule has 0 spiro atoms. The molecule has 116 valence electrons. The van der Waals surface area contributed by atoms with Crippen molar-refractivity contribution in [2.75, 3.05) is 18.4 Å². The lowest BCUT2D eigenvalue weighted by molar-refractivity contribution is 0.169. The number of rotatable bonds is 4. The Labute approximate surface area is 130 Å². The van der Waals surface area contributed by atoms with E-state index in [9.17, 15) is 4.39 Å². The number of halogens is 1. The van der Waals surface area contributed by atoms with Crippen LogP contribution >= 0.6 is 0 Å². The van der Waals surface area contributed by atoms with Gasteiger partial charge in [-0.1, -0.05) is 36.4 Å². The van der Waals surface area contributed by atoms with E-state index in [1.54, 1.807) is 6.07 Å². The van der Waals surface area contributed by atoms with Crippen molar-refractivity contribution in [1.29, 1.82) is 0 Å². The summed E-state index contributed by atoms with van der Waals surface area (Å²) in [6.07, 6.45) is 1.69. The number of nitrogens with two attached hydrogens (primary N) is 1. The number of anilines is 1. The summed E-state index contributed by atoms with van der Waals surface area (Å²) in [4.78, 5) is 2.41. The molecule has 0 amide bonds. The van der Waals surface area contributed by atoms with Gasteiger partial charge in [0.15, 0.2) is 0 Å². The van der Waals surface area contributed by atoms with Crippen LogP contribution in [0.15, 0.2) is 54.6 Å². The van der Waals surface area contributed by atoms with Crippen molar-refractivity contribution in [3.8, 4) is 0 Å². The van der Waals surface area contributed by atoms with Gasteiger partial charge in [-0.15, -0.1) is 0 Å². The van der Waals surface area contributed by atoms with Crippen LogP contribution < -0.4 is 11.1 Å². The number of nitrogens with zero attached hydrogens (tertiary/aromatic N) is 1. The quantitative estimate of drug-likeness (QED) is 0.852. The van der Waals surface area contributed by atoms with Crippen molar-refractivity contribution in [3.63, 3.8) is 0 Å². The van der Waals surface area contributed by atoms with Gasteiger partial charge in [-0.25, -0.2) is 4.39 Å². The zero-order valence-corrected chi connectivity index (χ0v) is 12.6. The van der Waals surface area contributed by atoms with Gasteiger partial charge in [0, 0.05) is 25.3 Å². The highest BCUT2D eigenvalue weighted by Crippen LogP contribution is 2.24. The van der Waals surface area contributed by atoms with E-state index >= 15 is 0 Å². The van der Waals surface area contributed by atoms with Gasteiger partial charge in [0.05, 0.1) is 5.66 Å². The lowest BCUT2D eigenvalue weighted by Gasteiger charge is -2.40. The molecule has 0 aromatic heterocycles. The molecule has 1 fully saturated rings. The predicted octanol–water partition coefficient (Wildman–Crippen LogP) is 3.19. The van der Waals surface area contributed by atoms with Gasteiger partial charge >= 0.3 is 0 Å². The third-order valence-corrected chi connectivity index (χ3v) is 4.22. The van der Waals surface area contributed by atoms with Crippen LogP contribution in [0, 0.1) is 5.82 Å². The van der Waals surface area contributed by atoms with E-state index in [1.165, 1.54) is 17.7 Å². The highest BCUT2D eigenvalue weighted by Gasteiger charge is 2.30. The van der Waals surface area contributed by atoms with Crippen molar-refractivity contribution in [3.05, 3.63) is 66.0 Å². The Bertz CT molecular complexity index is 607. The molecule has 0 bridgehead atoms. The Hall–Kier alpha value is -1.91. The third-order valence-electron chi connectivity index (χ3n) is 4.22. The van der Waals surface area contributed by atoms with E-state index < -0.39 is 5.66 Å². The lowest BCUT2D eigenvalue weighted by atomic mass is 9.97. The molecular weight excluding hydrogens is 277 g/mol. The second-order valence-electron chi connectivity index (χ2n) is 6.05. The Morgan fingerprint density at radius 1 is 1.05 bits per heavy atom. The summed E-state index contributed by atoms with van der Waals surface area (Å²) in [6, 6.07) is 17.0. The summed E-state index contributed by atoms with van der Waals surface area (Å²) in [5.41, 5.74) is 8.05. The molecule has 1 saturated heterocycles. The first-order valence-electron chi connectivity index (χ1n) is 7.72. The smallest absolute Gasteiger partial charge is 0.125 e. The number of likely N-dealkylation sites (tertiary alicyclic amines) is 1. The number of nitrogens with one attached hydrogen (secondary N) is 1. The molecule has 0 atom stereocenters. The highest BCUT2D eigenvalue weighted by atomic mass is 19.1. The van der Waals surface area contributed by atoms with Gasteiger partial charge in [0.25, 0.3) is 0 Å². The van der Waals surface area contributed by atoms with E-state index in [4.69, 9.17) is 5.73 Å². The van der Waals surface area contributed by atoms with E-state index in [0.717, 1.165) is 38.2 Å². The number of piperidine rings is 1. The van der Waals surface area contributed by atoms with Crippen LogP contribution in [0.1, 0.15) is 18.4 Å². The van der Waals surface area contributed by atoms with Crippen molar-refractivity contribution in [1.82, 2.24) is 4.90 Å². The van der Waals surface area contributed by atoms with Crippen LogP contribution in [-0.4, -0.2) is 23.7 Å². The summed E-state index contributed by atoms with van der Waals surface area (Å²) in [5.74, 6) is -0.241. The Morgan fingerprint density at radius 3 is 2.45 bits per heavy atom. The highest BCUT2D eigenvalue weighted by molar-refractivity contribution is 5.45. The topological polar surface area (TPSA) is 41.3 Å². The van der Waals surface area contributed by atoms with Gasteiger partial charge < -0.3 is 11.1 Å². The summed E-state index contributed by atoms with van der Waals surface area (Å²) in [6.45, 7) is 2.83.